The van der Waals surface area contributed by atoms with E-state index < -0.39 is 19.2 Å². The normalized spacial score (nSPS) is 15.0. The summed E-state index contributed by atoms with van der Waals surface area (Å²) in [6, 6.07) is 0. The van der Waals surface area contributed by atoms with Crippen molar-refractivity contribution in [1.29, 1.82) is 0 Å². The van der Waals surface area contributed by atoms with Crippen LogP contribution in [0.3, 0.4) is 0 Å². The van der Waals surface area contributed by atoms with Gasteiger partial charge in [0.25, 0.3) is 5.24 Å². The molecule has 0 aliphatic carbocycles. The first-order valence-corrected chi connectivity index (χ1v) is 5.13. The molecular formula is C3H4BrClO3S. The molecule has 0 aliphatic heterocycles. The van der Waals surface area contributed by atoms with Crippen LogP contribution in [0.4, 0.5) is 0 Å². The molecule has 0 saturated heterocycles. The minimum absolute atomic E-state index is 0.919. The van der Waals surface area contributed by atoms with Crippen molar-refractivity contribution in [3.05, 3.63) is 0 Å². The highest BCUT2D eigenvalue weighted by Gasteiger charge is 2.23. The Balaban J connectivity index is 4.43. The van der Waals surface area contributed by atoms with Gasteiger partial charge in [-0.15, -0.1) is 0 Å². The van der Waals surface area contributed by atoms with Crippen molar-refractivity contribution in [3.63, 3.8) is 0 Å². The van der Waals surface area contributed by atoms with Crippen molar-refractivity contribution in [2.24, 2.45) is 0 Å². The van der Waals surface area contributed by atoms with Crippen LogP contribution < -0.4 is 0 Å². The standard InChI is InChI=1S/C3H4BrClO3S/c1-9(7,8)2(4)3(5)6/h2H,1H3. The molecule has 0 heterocycles. The zero-order chi connectivity index (χ0) is 7.65. The molecule has 0 aromatic heterocycles. The van der Waals surface area contributed by atoms with Gasteiger partial charge in [0.2, 0.25) is 0 Å². The largest absolute Gasteiger partial charge is 0.279 e. The molecule has 0 amide bonds. The van der Waals surface area contributed by atoms with Gasteiger partial charge in [0, 0.05) is 6.26 Å². The fourth-order valence-electron chi connectivity index (χ4n) is 0.168. The summed E-state index contributed by atoms with van der Waals surface area (Å²) in [5.74, 6) is 0. The third-order valence-electron chi connectivity index (χ3n) is 0.554. The number of rotatable bonds is 2. The average molecular weight is 235 g/mol. The highest BCUT2D eigenvalue weighted by atomic mass is 79.9. The molecule has 1 atom stereocenters. The van der Waals surface area contributed by atoms with Crippen LogP contribution in [0.25, 0.3) is 0 Å². The van der Waals surface area contributed by atoms with Crippen molar-refractivity contribution in [1.82, 2.24) is 0 Å². The number of alkyl halides is 1. The Kier molecular flexibility index (Phi) is 3.11. The van der Waals surface area contributed by atoms with Gasteiger partial charge in [-0.3, -0.25) is 4.79 Å². The van der Waals surface area contributed by atoms with E-state index in [4.69, 9.17) is 11.6 Å². The fraction of sp³-hybridized carbons (Fsp3) is 0.667. The summed E-state index contributed by atoms with van der Waals surface area (Å²) in [7, 11) is -3.37. The SMILES string of the molecule is CS(=O)(=O)C(Br)C(=O)Cl. The summed E-state index contributed by atoms with van der Waals surface area (Å²) < 4.78 is 19.6. The molecule has 0 radical (unpaired) electrons. The van der Waals surface area contributed by atoms with E-state index in [1.165, 1.54) is 0 Å². The Morgan fingerprint density at radius 1 is 1.67 bits per heavy atom. The molecule has 0 aromatic rings. The monoisotopic (exact) mass is 234 g/mol. The zero-order valence-corrected chi connectivity index (χ0v) is 7.62. The Labute approximate surface area is 66.4 Å². The maximum Gasteiger partial charge on any atom is 0.250 e. The number of hydrogen-bond acceptors (Lipinski definition) is 3. The van der Waals surface area contributed by atoms with Gasteiger partial charge >= 0.3 is 0 Å². The van der Waals surface area contributed by atoms with Gasteiger partial charge in [-0.25, -0.2) is 8.42 Å². The van der Waals surface area contributed by atoms with Crippen LogP contribution in [0.2, 0.25) is 0 Å². The molecule has 0 spiro atoms. The van der Waals surface area contributed by atoms with E-state index >= 15 is 0 Å². The van der Waals surface area contributed by atoms with Crippen molar-refractivity contribution < 1.29 is 13.2 Å². The molecule has 0 bridgehead atoms. The summed E-state index contributed by atoms with van der Waals surface area (Å²) in [5, 5.41) is -0.919. The third kappa shape index (κ3) is 3.17. The van der Waals surface area contributed by atoms with Gasteiger partial charge in [0.05, 0.1) is 0 Å². The summed E-state index contributed by atoms with van der Waals surface area (Å²) in [6.07, 6.45) is 0.923. The van der Waals surface area contributed by atoms with Crippen molar-refractivity contribution in [3.8, 4) is 0 Å². The predicted molar refractivity (Wildman–Crippen MR) is 38.4 cm³/mol. The molecule has 0 rings (SSSR count). The third-order valence-corrected chi connectivity index (χ3v) is 4.58. The smallest absolute Gasteiger partial charge is 0.250 e. The van der Waals surface area contributed by atoms with Crippen LogP contribution in [-0.4, -0.2) is 24.1 Å². The lowest BCUT2D eigenvalue weighted by Gasteiger charge is -1.97. The van der Waals surface area contributed by atoms with E-state index in [1.54, 1.807) is 0 Å². The molecule has 0 fully saturated rings. The summed E-state index contributed by atoms with van der Waals surface area (Å²) in [5.41, 5.74) is 0. The van der Waals surface area contributed by atoms with E-state index in [0.717, 1.165) is 6.26 Å². The predicted octanol–water partition coefficient (Wildman–Crippen LogP) is 0.517. The summed E-state index contributed by atoms with van der Waals surface area (Å²) >= 11 is 7.44. The topological polar surface area (TPSA) is 51.2 Å². The minimum Gasteiger partial charge on any atom is -0.279 e. The second-order valence-electron chi connectivity index (χ2n) is 1.45. The van der Waals surface area contributed by atoms with Gasteiger partial charge in [0.15, 0.2) is 14.0 Å². The van der Waals surface area contributed by atoms with Crippen LogP contribution in [0.15, 0.2) is 0 Å². The molecule has 6 heteroatoms. The van der Waals surface area contributed by atoms with E-state index in [9.17, 15) is 13.2 Å². The molecule has 3 nitrogen and oxygen atoms in total. The Hall–Kier alpha value is 0.390. The maximum absolute atomic E-state index is 10.4. The summed E-state index contributed by atoms with van der Waals surface area (Å²) in [6.45, 7) is 0. The summed E-state index contributed by atoms with van der Waals surface area (Å²) in [4.78, 5) is 10.1. The first kappa shape index (κ1) is 9.39. The van der Waals surface area contributed by atoms with Crippen molar-refractivity contribution >= 4 is 42.6 Å². The molecule has 54 valence electrons. The Morgan fingerprint density at radius 3 is 2.00 bits per heavy atom. The van der Waals surface area contributed by atoms with Gasteiger partial charge < -0.3 is 0 Å². The number of carbonyl (C=O) groups is 1. The second kappa shape index (κ2) is 2.98. The van der Waals surface area contributed by atoms with Crippen molar-refractivity contribution in [2.45, 2.75) is 4.16 Å². The molecular weight excluding hydrogens is 231 g/mol. The fourth-order valence-corrected chi connectivity index (χ4v) is 0.990. The van der Waals surface area contributed by atoms with Crippen LogP contribution in [0, 0.1) is 0 Å². The van der Waals surface area contributed by atoms with Gasteiger partial charge in [-0.1, -0.05) is 15.9 Å². The van der Waals surface area contributed by atoms with Crippen LogP contribution in [-0.2, 0) is 14.6 Å². The number of carbonyl (C=O) groups excluding carboxylic acids is 1. The average Bonchev–Trinajstić information content (AvgIpc) is 1.62. The molecule has 0 aliphatic rings. The highest BCUT2D eigenvalue weighted by Crippen LogP contribution is 2.10. The molecule has 1 unspecified atom stereocenters. The Morgan fingerprint density at radius 2 is 2.00 bits per heavy atom. The lowest BCUT2D eigenvalue weighted by Crippen LogP contribution is -2.18. The van der Waals surface area contributed by atoms with Gasteiger partial charge in [-0.2, -0.15) is 0 Å². The lowest BCUT2D eigenvalue weighted by atomic mass is 10.9. The van der Waals surface area contributed by atoms with E-state index in [0.29, 0.717) is 0 Å². The van der Waals surface area contributed by atoms with Crippen molar-refractivity contribution in [2.75, 3.05) is 6.26 Å². The number of sulfone groups is 1. The van der Waals surface area contributed by atoms with Crippen LogP contribution >= 0.6 is 27.5 Å². The van der Waals surface area contributed by atoms with Gasteiger partial charge in [-0.05, 0) is 11.6 Å². The van der Waals surface area contributed by atoms with Crippen LogP contribution in [0.1, 0.15) is 0 Å². The van der Waals surface area contributed by atoms with Gasteiger partial charge in [0.1, 0.15) is 0 Å². The number of halogens is 2. The lowest BCUT2D eigenvalue weighted by molar-refractivity contribution is -0.110. The van der Waals surface area contributed by atoms with Crippen LogP contribution in [0.5, 0.6) is 0 Å². The quantitative estimate of drug-likeness (QED) is 0.518. The molecule has 9 heavy (non-hydrogen) atoms. The first-order valence-electron chi connectivity index (χ1n) is 1.88. The molecule has 0 aromatic carbocycles. The molecule has 0 saturated carbocycles. The van der Waals surface area contributed by atoms with E-state index in [-0.39, 0.29) is 0 Å². The van der Waals surface area contributed by atoms with E-state index in [2.05, 4.69) is 15.9 Å². The number of hydrogen-bond donors (Lipinski definition) is 0. The zero-order valence-electron chi connectivity index (χ0n) is 4.47. The highest BCUT2D eigenvalue weighted by molar-refractivity contribution is 9.11. The second-order valence-corrected chi connectivity index (χ2v) is 5.47. The first-order chi connectivity index (χ1) is 3.85. The Bertz CT molecular complexity index is 209. The van der Waals surface area contributed by atoms with E-state index in [1.807, 2.05) is 0 Å². The molecule has 0 N–H and O–H groups in total. The minimum atomic E-state index is -3.37. The maximum atomic E-state index is 10.4.